The van der Waals surface area contributed by atoms with Crippen molar-refractivity contribution in [2.45, 2.75) is 64.1 Å². The molecule has 1 atom stereocenters. The van der Waals surface area contributed by atoms with E-state index >= 15 is 0 Å². The van der Waals surface area contributed by atoms with E-state index in [0.29, 0.717) is 0 Å². The van der Waals surface area contributed by atoms with Crippen LogP contribution >= 0.6 is 0 Å². The number of nitrogens with zero attached hydrogens (tertiary/aromatic N) is 1. The van der Waals surface area contributed by atoms with Crippen molar-refractivity contribution in [1.29, 1.82) is 0 Å². The van der Waals surface area contributed by atoms with Crippen LogP contribution in [0.4, 0.5) is 0 Å². The highest BCUT2D eigenvalue weighted by atomic mass is 15.2. The monoisotopic (exact) mass is 284 g/mol. The predicted molar refractivity (Wildman–Crippen MR) is 87.2 cm³/mol. The van der Waals surface area contributed by atoms with Crippen LogP contribution in [0.1, 0.15) is 55.2 Å². The quantitative estimate of drug-likeness (QED) is 0.914. The third-order valence-corrected chi connectivity index (χ3v) is 5.97. The Labute approximate surface area is 128 Å². The van der Waals surface area contributed by atoms with Gasteiger partial charge >= 0.3 is 0 Å². The summed E-state index contributed by atoms with van der Waals surface area (Å²) in [5, 5.41) is 3.50. The van der Waals surface area contributed by atoms with Crippen LogP contribution in [-0.4, -0.2) is 24.0 Å². The van der Waals surface area contributed by atoms with Crippen LogP contribution in [0, 0.1) is 5.92 Å². The van der Waals surface area contributed by atoms with Gasteiger partial charge in [-0.1, -0.05) is 31.0 Å². The third-order valence-electron chi connectivity index (χ3n) is 5.97. The fourth-order valence-corrected chi connectivity index (χ4v) is 4.90. The zero-order valence-electron chi connectivity index (χ0n) is 13.1. The Morgan fingerprint density at radius 3 is 2.90 bits per heavy atom. The molecule has 2 aliphatic heterocycles. The molecule has 1 aromatic carbocycles. The number of hydrogen-bond donors (Lipinski definition) is 1. The minimum absolute atomic E-state index is 0.880. The maximum absolute atomic E-state index is 3.50. The first-order chi connectivity index (χ1) is 10.4. The average Bonchev–Trinajstić information content (AvgIpc) is 3.18. The number of rotatable bonds is 3. The van der Waals surface area contributed by atoms with E-state index in [4.69, 9.17) is 0 Å². The van der Waals surface area contributed by atoms with Gasteiger partial charge in [0.15, 0.2) is 0 Å². The molecule has 114 valence electrons. The maximum atomic E-state index is 3.50. The van der Waals surface area contributed by atoms with Gasteiger partial charge in [0.05, 0.1) is 0 Å². The molecule has 1 saturated carbocycles. The normalized spacial score (nSPS) is 27.1. The molecule has 0 aromatic heterocycles. The van der Waals surface area contributed by atoms with Crippen LogP contribution in [0.25, 0.3) is 0 Å². The molecule has 3 aliphatic rings. The second-order valence-electron chi connectivity index (χ2n) is 7.21. The Morgan fingerprint density at radius 2 is 2.00 bits per heavy atom. The van der Waals surface area contributed by atoms with Crippen molar-refractivity contribution in [3.05, 3.63) is 34.9 Å². The van der Waals surface area contributed by atoms with E-state index in [-0.39, 0.29) is 0 Å². The molecule has 0 bridgehead atoms. The molecule has 1 N–H and O–H groups in total. The summed E-state index contributed by atoms with van der Waals surface area (Å²) in [7, 11) is 0. The lowest BCUT2D eigenvalue weighted by Gasteiger charge is -2.31. The molecule has 0 spiro atoms. The second kappa shape index (κ2) is 6.10. The van der Waals surface area contributed by atoms with Gasteiger partial charge in [-0.25, -0.2) is 0 Å². The Bertz CT molecular complexity index is 490. The summed E-state index contributed by atoms with van der Waals surface area (Å²) in [6.45, 7) is 4.73. The van der Waals surface area contributed by atoms with Gasteiger partial charge in [0.1, 0.15) is 0 Å². The summed E-state index contributed by atoms with van der Waals surface area (Å²) in [6.07, 6.45) is 9.99. The Morgan fingerprint density at radius 1 is 1.10 bits per heavy atom. The molecule has 1 aliphatic carbocycles. The van der Waals surface area contributed by atoms with Gasteiger partial charge in [0.25, 0.3) is 0 Å². The minimum atomic E-state index is 0.880. The zero-order valence-corrected chi connectivity index (χ0v) is 13.1. The van der Waals surface area contributed by atoms with Gasteiger partial charge in [-0.3, -0.25) is 4.90 Å². The number of fused-ring (bicyclic) bond motifs is 1. The van der Waals surface area contributed by atoms with Crippen molar-refractivity contribution in [3.63, 3.8) is 0 Å². The lowest BCUT2D eigenvalue weighted by atomic mass is 9.93. The van der Waals surface area contributed by atoms with E-state index in [2.05, 4.69) is 28.4 Å². The van der Waals surface area contributed by atoms with Gasteiger partial charge in [0.2, 0.25) is 0 Å². The molecule has 2 heterocycles. The van der Waals surface area contributed by atoms with Crippen LogP contribution in [0.2, 0.25) is 0 Å². The van der Waals surface area contributed by atoms with Crippen molar-refractivity contribution in [3.8, 4) is 0 Å². The van der Waals surface area contributed by atoms with Crippen LogP contribution < -0.4 is 5.32 Å². The van der Waals surface area contributed by atoms with Gasteiger partial charge in [-0.15, -0.1) is 0 Å². The molecule has 4 rings (SSSR count). The molecular weight excluding hydrogens is 256 g/mol. The van der Waals surface area contributed by atoms with Gasteiger partial charge in [0, 0.05) is 19.1 Å². The highest BCUT2D eigenvalue weighted by Gasteiger charge is 2.33. The summed E-state index contributed by atoms with van der Waals surface area (Å²) in [5.41, 5.74) is 4.79. The SMILES string of the molecule is c1cc2c(c(CN3CCCC3C3CCCC3)c1)CCNC2. The van der Waals surface area contributed by atoms with Crippen LogP contribution in [0.5, 0.6) is 0 Å². The van der Waals surface area contributed by atoms with Crippen molar-refractivity contribution >= 4 is 0 Å². The molecule has 2 fully saturated rings. The van der Waals surface area contributed by atoms with Crippen molar-refractivity contribution < 1.29 is 0 Å². The largest absolute Gasteiger partial charge is 0.312 e. The van der Waals surface area contributed by atoms with E-state index in [1.807, 2.05) is 0 Å². The highest BCUT2D eigenvalue weighted by Crippen LogP contribution is 2.36. The van der Waals surface area contributed by atoms with E-state index in [1.54, 1.807) is 11.1 Å². The number of likely N-dealkylation sites (tertiary alicyclic amines) is 1. The molecule has 2 nitrogen and oxygen atoms in total. The molecule has 0 radical (unpaired) electrons. The zero-order chi connectivity index (χ0) is 14.1. The van der Waals surface area contributed by atoms with Crippen LogP contribution in [0.15, 0.2) is 18.2 Å². The van der Waals surface area contributed by atoms with Crippen molar-refractivity contribution in [1.82, 2.24) is 10.2 Å². The van der Waals surface area contributed by atoms with E-state index < -0.39 is 0 Å². The molecular formula is C19H28N2. The van der Waals surface area contributed by atoms with E-state index in [9.17, 15) is 0 Å². The summed E-state index contributed by atoms with van der Waals surface area (Å²) in [5.74, 6) is 0.994. The maximum Gasteiger partial charge on any atom is 0.0239 e. The van der Waals surface area contributed by atoms with E-state index in [0.717, 1.165) is 25.0 Å². The summed E-state index contributed by atoms with van der Waals surface area (Å²) < 4.78 is 0. The topological polar surface area (TPSA) is 15.3 Å². The van der Waals surface area contributed by atoms with Crippen molar-refractivity contribution in [2.75, 3.05) is 13.1 Å². The molecule has 21 heavy (non-hydrogen) atoms. The lowest BCUT2D eigenvalue weighted by Crippen LogP contribution is -2.35. The Hall–Kier alpha value is -0.860. The first-order valence-corrected chi connectivity index (χ1v) is 8.96. The summed E-state index contributed by atoms with van der Waals surface area (Å²) >= 11 is 0. The second-order valence-corrected chi connectivity index (χ2v) is 7.21. The first kappa shape index (κ1) is 13.8. The number of hydrogen-bond acceptors (Lipinski definition) is 2. The third kappa shape index (κ3) is 2.76. The van der Waals surface area contributed by atoms with Gasteiger partial charge < -0.3 is 5.32 Å². The van der Waals surface area contributed by atoms with Crippen LogP contribution in [-0.2, 0) is 19.5 Å². The Kier molecular flexibility index (Phi) is 4.00. The molecule has 1 aromatic rings. The molecule has 1 saturated heterocycles. The standard InChI is InChI=1S/C19H28N2/c1-2-6-15(5-1)19-9-4-12-21(19)14-17-8-3-7-16-13-20-11-10-18(16)17/h3,7-8,15,19-20H,1-2,4-6,9-14H2. The molecule has 0 amide bonds. The fraction of sp³-hybridized carbons (Fsp3) is 0.684. The lowest BCUT2D eigenvalue weighted by molar-refractivity contribution is 0.182. The van der Waals surface area contributed by atoms with E-state index in [1.165, 1.54) is 63.6 Å². The smallest absolute Gasteiger partial charge is 0.0239 e. The first-order valence-electron chi connectivity index (χ1n) is 8.96. The van der Waals surface area contributed by atoms with Gasteiger partial charge in [-0.05, 0) is 67.8 Å². The predicted octanol–water partition coefficient (Wildman–Crippen LogP) is 3.49. The number of benzene rings is 1. The number of nitrogens with one attached hydrogen (secondary N) is 1. The Balaban J connectivity index is 1.52. The van der Waals surface area contributed by atoms with Crippen molar-refractivity contribution in [2.24, 2.45) is 5.92 Å². The molecule has 2 heteroatoms. The van der Waals surface area contributed by atoms with Crippen LogP contribution in [0.3, 0.4) is 0 Å². The average molecular weight is 284 g/mol. The fourth-order valence-electron chi connectivity index (χ4n) is 4.90. The van der Waals surface area contributed by atoms with Gasteiger partial charge in [-0.2, -0.15) is 0 Å². The summed E-state index contributed by atoms with van der Waals surface area (Å²) in [6, 6.07) is 7.84. The highest BCUT2D eigenvalue weighted by molar-refractivity contribution is 5.37. The summed E-state index contributed by atoms with van der Waals surface area (Å²) in [4.78, 5) is 2.81. The minimum Gasteiger partial charge on any atom is -0.312 e. The molecule has 1 unspecified atom stereocenters.